The van der Waals surface area contributed by atoms with Crippen LogP contribution in [-0.2, 0) is 6.54 Å². The highest BCUT2D eigenvalue weighted by molar-refractivity contribution is 7.09. The second-order valence-electron chi connectivity index (χ2n) is 4.39. The lowest BCUT2D eigenvalue weighted by atomic mass is 9.99. The number of aromatic carboxylic acids is 1. The zero-order valence-electron chi connectivity index (χ0n) is 9.35. The monoisotopic (exact) mass is 240 g/mol. The third-order valence-corrected chi connectivity index (χ3v) is 3.90. The second-order valence-corrected chi connectivity index (χ2v) is 5.33. The van der Waals surface area contributed by atoms with Crippen LogP contribution in [0.1, 0.15) is 35.1 Å². The zero-order chi connectivity index (χ0) is 11.5. The van der Waals surface area contributed by atoms with E-state index in [4.69, 9.17) is 5.11 Å². The summed E-state index contributed by atoms with van der Waals surface area (Å²) in [7, 11) is 0. The van der Waals surface area contributed by atoms with Crippen LogP contribution in [0.2, 0.25) is 0 Å². The minimum Gasteiger partial charge on any atom is -0.476 e. The van der Waals surface area contributed by atoms with E-state index in [-0.39, 0.29) is 5.69 Å². The Morgan fingerprint density at radius 3 is 2.94 bits per heavy atom. The Kier molecular flexibility index (Phi) is 3.56. The molecule has 0 unspecified atom stereocenters. The summed E-state index contributed by atoms with van der Waals surface area (Å²) in [6.45, 7) is 5.14. The van der Waals surface area contributed by atoms with Gasteiger partial charge in [-0.3, -0.25) is 4.90 Å². The molecular formula is C11H16N2O2S. The summed E-state index contributed by atoms with van der Waals surface area (Å²) in [5, 5.41) is 8.95. The number of carboxylic acid groups (broad SMARTS) is 1. The standard InChI is InChI=1S/C11H16N2O2S/c1-8-2-4-13(5-3-8)6-9-10(11(14)15)12-7-16-9/h7-8H,2-6H2,1H3,(H,14,15). The number of aromatic nitrogens is 1. The van der Waals surface area contributed by atoms with E-state index in [9.17, 15) is 4.79 Å². The van der Waals surface area contributed by atoms with Crippen molar-refractivity contribution >= 4 is 17.3 Å². The first-order valence-electron chi connectivity index (χ1n) is 5.55. The van der Waals surface area contributed by atoms with Gasteiger partial charge in [-0.05, 0) is 31.8 Å². The lowest BCUT2D eigenvalue weighted by Gasteiger charge is -2.29. The summed E-state index contributed by atoms with van der Waals surface area (Å²) in [5.41, 5.74) is 1.84. The lowest BCUT2D eigenvalue weighted by molar-refractivity contribution is 0.0688. The first kappa shape index (κ1) is 11.5. The molecule has 1 aromatic rings. The van der Waals surface area contributed by atoms with Gasteiger partial charge in [-0.2, -0.15) is 0 Å². The first-order valence-corrected chi connectivity index (χ1v) is 6.43. The Morgan fingerprint density at radius 1 is 1.62 bits per heavy atom. The highest BCUT2D eigenvalue weighted by atomic mass is 32.1. The van der Waals surface area contributed by atoms with Gasteiger partial charge in [-0.15, -0.1) is 11.3 Å². The van der Waals surface area contributed by atoms with Gasteiger partial charge in [-0.1, -0.05) is 6.92 Å². The largest absolute Gasteiger partial charge is 0.476 e. The number of hydrogen-bond donors (Lipinski definition) is 1. The fourth-order valence-electron chi connectivity index (χ4n) is 1.98. The molecular weight excluding hydrogens is 224 g/mol. The van der Waals surface area contributed by atoms with Gasteiger partial charge in [0.15, 0.2) is 5.69 Å². The minimum atomic E-state index is -0.915. The van der Waals surface area contributed by atoms with Gasteiger partial charge in [0.25, 0.3) is 0 Å². The molecule has 0 amide bonds. The zero-order valence-corrected chi connectivity index (χ0v) is 10.2. The van der Waals surface area contributed by atoms with Crippen molar-refractivity contribution in [1.82, 2.24) is 9.88 Å². The van der Waals surface area contributed by atoms with Crippen LogP contribution in [0.5, 0.6) is 0 Å². The number of carboxylic acids is 1. The number of carbonyl (C=O) groups is 1. The van der Waals surface area contributed by atoms with Crippen LogP contribution in [0.25, 0.3) is 0 Å². The molecule has 88 valence electrons. The molecule has 0 spiro atoms. The number of nitrogens with zero attached hydrogens (tertiary/aromatic N) is 2. The molecule has 0 aromatic carbocycles. The topological polar surface area (TPSA) is 53.4 Å². The normalized spacial score (nSPS) is 18.8. The van der Waals surface area contributed by atoms with Crippen LogP contribution in [0.15, 0.2) is 5.51 Å². The summed E-state index contributed by atoms with van der Waals surface area (Å²) in [6.07, 6.45) is 2.42. The Hall–Kier alpha value is -0.940. The number of thiazole rings is 1. The predicted molar refractivity (Wildman–Crippen MR) is 62.7 cm³/mol. The lowest BCUT2D eigenvalue weighted by Crippen LogP contribution is -2.32. The smallest absolute Gasteiger partial charge is 0.355 e. The number of hydrogen-bond acceptors (Lipinski definition) is 4. The third-order valence-electron chi connectivity index (χ3n) is 3.09. The summed E-state index contributed by atoms with van der Waals surface area (Å²) >= 11 is 1.44. The maximum Gasteiger partial charge on any atom is 0.355 e. The van der Waals surface area contributed by atoms with Crippen molar-refractivity contribution in [3.63, 3.8) is 0 Å². The average Bonchev–Trinajstić information content (AvgIpc) is 2.69. The molecule has 1 saturated heterocycles. The molecule has 2 rings (SSSR count). The average molecular weight is 240 g/mol. The van der Waals surface area contributed by atoms with Crippen molar-refractivity contribution in [3.8, 4) is 0 Å². The van der Waals surface area contributed by atoms with E-state index in [1.54, 1.807) is 5.51 Å². The molecule has 16 heavy (non-hydrogen) atoms. The van der Waals surface area contributed by atoms with Gasteiger partial charge in [0, 0.05) is 6.54 Å². The van der Waals surface area contributed by atoms with Crippen molar-refractivity contribution in [1.29, 1.82) is 0 Å². The molecule has 4 nitrogen and oxygen atoms in total. The minimum absolute atomic E-state index is 0.226. The van der Waals surface area contributed by atoms with E-state index in [0.29, 0.717) is 0 Å². The van der Waals surface area contributed by atoms with Crippen molar-refractivity contribution in [2.75, 3.05) is 13.1 Å². The van der Waals surface area contributed by atoms with E-state index in [1.165, 1.54) is 24.2 Å². The van der Waals surface area contributed by atoms with E-state index in [1.807, 2.05) is 0 Å². The first-order chi connectivity index (χ1) is 7.66. The third kappa shape index (κ3) is 2.59. The van der Waals surface area contributed by atoms with Gasteiger partial charge in [0.1, 0.15) is 0 Å². The van der Waals surface area contributed by atoms with Gasteiger partial charge in [0.2, 0.25) is 0 Å². The Balaban J connectivity index is 1.98. The Bertz CT molecular complexity index is 370. The van der Waals surface area contributed by atoms with Gasteiger partial charge in [-0.25, -0.2) is 9.78 Å². The van der Waals surface area contributed by atoms with E-state index in [0.717, 1.165) is 30.4 Å². The molecule has 1 N–H and O–H groups in total. The van der Waals surface area contributed by atoms with Crippen LogP contribution < -0.4 is 0 Å². The molecule has 1 aliphatic rings. The maximum absolute atomic E-state index is 10.9. The summed E-state index contributed by atoms with van der Waals surface area (Å²) in [5.74, 6) is -0.113. The van der Waals surface area contributed by atoms with Crippen molar-refractivity contribution in [2.24, 2.45) is 5.92 Å². The van der Waals surface area contributed by atoms with Crippen LogP contribution in [0, 0.1) is 5.92 Å². The van der Waals surface area contributed by atoms with Crippen LogP contribution in [0.3, 0.4) is 0 Å². The molecule has 1 fully saturated rings. The van der Waals surface area contributed by atoms with Crippen LogP contribution in [0.4, 0.5) is 0 Å². The summed E-state index contributed by atoms with van der Waals surface area (Å²) in [4.78, 5) is 18.0. The quantitative estimate of drug-likeness (QED) is 0.878. The molecule has 2 heterocycles. The fourth-order valence-corrected chi connectivity index (χ4v) is 2.77. The molecule has 1 aliphatic heterocycles. The molecule has 1 aromatic heterocycles. The van der Waals surface area contributed by atoms with E-state index in [2.05, 4.69) is 16.8 Å². The SMILES string of the molecule is CC1CCN(Cc2scnc2C(=O)O)CC1. The Morgan fingerprint density at radius 2 is 2.31 bits per heavy atom. The van der Waals surface area contributed by atoms with Crippen LogP contribution in [-0.4, -0.2) is 34.0 Å². The van der Waals surface area contributed by atoms with Gasteiger partial charge < -0.3 is 5.11 Å². The molecule has 0 saturated carbocycles. The second kappa shape index (κ2) is 4.93. The molecule has 0 atom stereocenters. The Labute approximate surface area is 98.9 Å². The molecule has 0 bridgehead atoms. The van der Waals surface area contributed by atoms with Crippen molar-refractivity contribution < 1.29 is 9.90 Å². The van der Waals surface area contributed by atoms with Crippen molar-refractivity contribution in [3.05, 3.63) is 16.1 Å². The van der Waals surface area contributed by atoms with Crippen LogP contribution >= 0.6 is 11.3 Å². The predicted octanol–water partition coefficient (Wildman–Crippen LogP) is 2.07. The molecule has 0 radical (unpaired) electrons. The highest BCUT2D eigenvalue weighted by Crippen LogP contribution is 2.21. The molecule has 0 aliphatic carbocycles. The number of likely N-dealkylation sites (tertiary alicyclic amines) is 1. The summed E-state index contributed by atoms with van der Waals surface area (Å²) in [6, 6.07) is 0. The number of rotatable bonds is 3. The number of piperidine rings is 1. The molecule has 5 heteroatoms. The van der Waals surface area contributed by atoms with Crippen molar-refractivity contribution in [2.45, 2.75) is 26.3 Å². The van der Waals surface area contributed by atoms with Gasteiger partial charge >= 0.3 is 5.97 Å². The van der Waals surface area contributed by atoms with E-state index >= 15 is 0 Å². The fraction of sp³-hybridized carbons (Fsp3) is 0.636. The highest BCUT2D eigenvalue weighted by Gasteiger charge is 2.20. The summed E-state index contributed by atoms with van der Waals surface area (Å²) < 4.78 is 0. The maximum atomic E-state index is 10.9. The van der Waals surface area contributed by atoms with E-state index < -0.39 is 5.97 Å². The van der Waals surface area contributed by atoms with Gasteiger partial charge in [0.05, 0.1) is 10.4 Å².